The summed E-state index contributed by atoms with van der Waals surface area (Å²) in [6, 6.07) is 13.1. The molecule has 1 N–H and O–H groups in total. The van der Waals surface area contributed by atoms with Crippen LogP contribution in [0.15, 0.2) is 48.5 Å². The quantitative estimate of drug-likeness (QED) is 0.716. The number of nitrogens with one attached hydrogen (secondary N) is 1. The van der Waals surface area contributed by atoms with Crippen molar-refractivity contribution in [3.8, 4) is 11.4 Å². The summed E-state index contributed by atoms with van der Waals surface area (Å²) in [4.78, 5) is 12.6. The predicted molar refractivity (Wildman–Crippen MR) is 104 cm³/mol. The number of halogens is 1. The van der Waals surface area contributed by atoms with Crippen molar-refractivity contribution < 1.29 is 18.1 Å². The minimum absolute atomic E-state index is 0.103. The van der Waals surface area contributed by atoms with Crippen molar-refractivity contribution in [2.75, 3.05) is 12.4 Å². The van der Waals surface area contributed by atoms with Crippen LogP contribution in [0.25, 0.3) is 5.69 Å². The Kier molecular flexibility index (Phi) is 4.95. The molecule has 8 heteroatoms. The van der Waals surface area contributed by atoms with Gasteiger partial charge in [0.25, 0.3) is 0 Å². The van der Waals surface area contributed by atoms with Crippen molar-refractivity contribution in [1.82, 2.24) is 9.78 Å². The van der Waals surface area contributed by atoms with E-state index in [-0.39, 0.29) is 18.1 Å². The second-order valence-corrected chi connectivity index (χ2v) is 7.92. The van der Waals surface area contributed by atoms with E-state index in [1.165, 1.54) is 12.1 Å². The molecule has 1 aliphatic heterocycles. The van der Waals surface area contributed by atoms with Gasteiger partial charge in [-0.3, -0.25) is 9.00 Å². The van der Waals surface area contributed by atoms with Crippen LogP contribution in [-0.4, -0.2) is 27.0 Å². The summed E-state index contributed by atoms with van der Waals surface area (Å²) in [6.07, 6.45) is 0.103. The van der Waals surface area contributed by atoms with Crippen LogP contribution in [0, 0.1) is 5.82 Å². The first-order valence-corrected chi connectivity index (χ1v) is 10.2. The molecule has 144 valence electrons. The molecule has 3 aromatic rings. The lowest BCUT2D eigenvalue weighted by molar-refractivity contribution is -0.115. The number of aromatic nitrogens is 2. The lowest BCUT2D eigenvalue weighted by Crippen LogP contribution is -2.18. The first-order valence-electron chi connectivity index (χ1n) is 8.68. The Hall–Kier alpha value is -3.00. The fraction of sp³-hybridized carbons (Fsp3) is 0.200. The molecule has 2 aromatic carbocycles. The highest BCUT2D eigenvalue weighted by atomic mass is 32.2. The molecule has 0 radical (unpaired) electrons. The van der Waals surface area contributed by atoms with Crippen LogP contribution in [0.4, 0.5) is 10.2 Å². The van der Waals surface area contributed by atoms with Gasteiger partial charge in [0.2, 0.25) is 5.91 Å². The summed E-state index contributed by atoms with van der Waals surface area (Å²) in [5.74, 6) is 1.38. The number of hydrogen-bond acceptors (Lipinski definition) is 4. The molecule has 4 rings (SSSR count). The average molecular weight is 399 g/mol. The molecule has 0 aliphatic carbocycles. The number of benzene rings is 2. The Morgan fingerprint density at radius 3 is 2.57 bits per heavy atom. The zero-order valence-electron chi connectivity index (χ0n) is 15.1. The predicted octanol–water partition coefficient (Wildman–Crippen LogP) is 2.96. The van der Waals surface area contributed by atoms with Crippen molar-refractivity contribution >= 4 is 22.5 Å². The maximum atomic E-state index is 13.1. The molecule has 1 amide bonds. The van der Waals surface area contributed by atoms with Crippen LogP contribution < -0.4 is 10.1 Å². The van der Waals surface area contributed by atoms with Gasteiger partial charge in [0, 0.05) is 16.4 Å². The minimum Gasteiger partial charge on any atom is -0.497 e. The van der Waals surface area contributed by atoms with Gasteiger partial charge in [-0.1, -0.05) is 12.1 Å². The topological polar surface area (TPSA) is 73.2 Å². The molecule has 6 nitrogen and oxygen atoms in total. The van der Waals surface area contributed by atoms with Gasteiger partial charge < -0.3 is 10.1 Å². The highest BCUT2D eigenvalue weighted by molar-refractivity contribution is 7.83. The van der Waals surface area contributed by atoms with Crippen LogP contribution in [-0.2, 0) is 33.5 Å². The lowest BCUT2D eigenvalue weighted by Gasteiger charge is -2.11. The minimum atomic E-state index is -1.01. The van der Waals surface area contributed by atoms with Crippen molar-refractivity contribution in [3.63, 3.8) is 0 Å². The van der Waals surface area contributed by atoms with Gasteiger partial charge in [0.15, 0.2) is 0 Å². The van der Waals surface area contributed by atoms with Gasteiger partial charge in [-0.25, -0.2) is 9.07 Å². The summed E-state index contributed by atoms with van der Waals surface area (Å²) < 4.78 is 31.9. The van der Waals surface area contributed by atoms with Gasteiger partial charge >= 0.3 is 0 Å². The molecule has 1 aliphatic rings. The number of nitrogens with zero attached hydrogens (tertiary/aromatic N) is 2. The van der Waals surface area contributed by atoms with Crippen LogP contribution in [0.5, 0.6) is 5.75 Å². The second-order valence-electron chi connectivity index (χ2n) is 6.46. The number of hydrogen-bond donors (Lipinski definition) is 1. The molecule has 0 saturated heterocycles. The van der Waals surface area contributed by atoms with E-state index in [0.29, 0.717) is 28.6 Å². The fourth-order valence-electron chi connectivity index (χ4n) is 3.13. The zero-order chi connectivity index (χ0) is 19.7. The Bertz CT molecular complexity index is 1050. The normalized spacial score (nSPS) is 15.3. The monoisotopic (exact) mass is 399 g/mol. The molecule has 1 aromatic heterocycles. The van der Waals surface area contributed by atoms with Crippen molar-refractivity contribution in [2.45, 2.75) is 17.9 Å². The standard InChI is InChI=1S/C20H18FN3O3S/c1-27-16-8-6-15(7-9-16)24-20(17-11-28(26)12-18(17)23-24)22-19(25)10-13-2-4-14(21)5-3-13/h2-9H,10-12H2,1H3,(H,22,25)/t28-/m0/s1. The zero-order valence-corrected chi connectivity index (χ0v) is 16.0. The Morgan fingerprint density at radius 1 is 1.18 bits per heavy atom. The van der Waals surface area contributed by atoms with Gasteiger partial charge in [0.05, 0.1) is 36.4 Å². The third kappa shape index (κ3) is 3.68. The number of anilines is 1. The summed E-state index contributed by atoms with van der Waals surface area (Å²) in [5, 5.41) is 7.46. The maximum absolute atomic E-state index is 13.1. The van der Waals surface area contributed by atoms with Crippen LogP contribution in [0.3, 0.4) is 0 Å². The molecule has 1 atom stereocenters. The Balaban J connectivity index is 1.63. The van der Waals surface area contributed by atoms with Gasteiger partial charge in [-0.15, -0.1) is 0 Å². The van der Waals surface area contributed by atoms with Gasteiger partial charge in [0.1, 0.15) is 17.4 Å². The van der Waals surface area contributed by atoms with Gasteiger partial charge in [-0.05, 0) is 42.0 Å². The number of amides is 1. The van der Waals surface area contributed by atoms with Crippen LogP contribution in [0.1, 0.15) is 16.8 Å². The number of ether oxygens (including phenoxy) is 1. The van der Waals surface area contributed by atoms with E-state index in [1.807, 2.05) is 24.3 Å². The average Bonchev–Trinajstić information content (AvgIpc) is 3.21. The van der Waals surface area contributed by atoms with E-state index < -0.39 is 10.8 Å². The molecule has 0 spiro atoms. The number of carbonyl (C=O) groups is 1. The maximum Gasteiger partial charge on any atom is 0.229 e. The van der Waals surface area contributed by atoms with E-state index in [4.69, 9.17) is 4.74 Å². The van der Waals surface area contributed by atoms with E-state index in [0.717, 1.165) is 16.9 Å². The fourth-order valence-corrected chi connectivity index (χ4v) is 4.39. The van der Waals surface area contributed by atoms with Crippen molar-refractivity contribution in [3.05, 3.63) is 71.2 Å². The van der Waals surface area contributed by atoms with Gasteiger partial charge in [-0.2, -0.15) is 5.10 Å². The third-order valence-electron chi connectivity index (χ3n) is 4.52. The van der Waals surface area contributed by atoms with E-state index in [2.05, 4.69) is 10.4 Å². The first kappa shape index (κ1) is 18.4. The van der Waals surface area contributed by atoms with Crippen molar-refractivity contribution in [1.29, 1.82) is 0 Å². The second kappa shape index (κ2) is 7.55. The lowest BCUT2D eigenvalue weighted by atomic mass is 10.1. The Labute approximate surface area is 163 Å². The highest BCUT2D eigenvalue weighted by Crippen LogP contribution is 2.31. The summed E-state index contributed by atoms with van der Waals surface area (Å²) in [7, 11) is 0.579. The molecule has 0 fully saturated rings. The molecule has 28 heavy (non-hydrogen) atoms. The molecular weight excluding hydrogens is 381 g/mol. The number of fused-ring (bicyclic) bond motifs is 1. The molecule has 2 heterocycles. The molecule has 0 saturated carbocycles. The van der Waals surface area contributed by atoms with E-state index in [9.17, 15) is 13.4 Å². The van der Waals surface area contributed by atoms with E-state index in [1.54, 1.807) is 23.9 Å². The molecule has 0 bridgehead atoms. The summed E-state index contributed by atoms with van der Waals surface area (Å²) in [6.45, 7) is 0. The smallest absolute Gasteiger partial charge is 0.229 e. The summed E-state index contributed by atoms with van der Waals surface area (Å²) >= 11 is 0. The summed E-state index contributed by atoms with van der Waals surface area (Å²) in [5.41, 5.74) is 2.99. The molecule has 0 unspecified atom stereocenters. The SMILES string of the molecule is COc1ccc(-n2nc3c(c2NC(=O)Cc2ccc(F)cc2)C[S@](=O)C3)cc1. The third-order valence-corrected chi connectivity index (χ3v) is 5.73. The first-order chi connectivity index (χ1) is 13.5. The van der Waals surface area contributed by atoms with Crippen LogP contribution in [0.2, 0.25) is 0 Å². The number of methoxy groups -OCH3 is 1. The largest absolute Gasteiger partial charge is 0.497 e. The van der Waals surface area contributed by atoms with Crippen molar-refractivity contribution in [2.24, 2.45) is 0 Å². The number of carbonyl (C=O) groups excluding carboxylic acids is 1. The highest BCUT2D eigenvalue weighted by Gasteiger charge is 2.28. The van der Waals surface area contributed by atoms with Crippen LogP contribution >= 0.6 is 0 Å². The number of rotatable bonds is 5. The molecular formula is C20H18FN3O3S. The van der Waals surface area contributed by atoms with E-state index >= 15 is 0 Å². The Morgan fingerprint density at radius 2 is 1.89 bits per heavy atom.